The molecule has 0 fully saturated rings. The predicted molar refractivity (Wildman–Crippen MR) is 105 cm³/mol. The Morgan fingerprint density at radius 3 is 2.64 bits per heavy atom. The van der Waals surface area contributed by atoms with Crippen molar-refractivity contribution in [2.75, 3.05) is 25.7 Å². The maximum absolute atomic E-state index is 12.8. The molecular weight excluding hydrogens is 362 g/mol. The number of nitrogens with zero attached hydrogens (tertiary/aromatic N) is 3. The highest BCUT2D eigenvalue weighted by atomic mass is 16.7. The minimum atomic E-state index is -0.590. The summed E-state index contributed by atoms with van der Waals surface area (Å²) in [7, 11) is 2.81. The molecule has 1 atom stereocenters. The number of hydrogen-bond donors (Lipinski definition) is 0. The summed E-state index contributed by atoms with van der Waals surface area (Å²) in [6.07, 6.45) is 6.40. The number of anilines is 1. The van der Waals surface area contributed by atoms with Gasteiger partial charge in [0.25, 0.3) is 0 Å². The van der Waals surface area contributed by atoms with E-state index in [0.717, 1.165) is 11.5 Å². The Balaban J connectivity index is 2.79. The van der Waals surface area contributed by atoms with E-state index in [1.807, 2.05) is 13.8 Å². The van der Waals surface area contributed by atoms with Crippen molar-refractivity contribution >= 4 is 28.8 Å². The first-order chi connectivity index (χ1) is 13.4. The Kier molecular flexibility index (Phi) is 7.01. The Hall–Kier alpha value is -3.05. The molecule has 2 aromatic heterocycles. The van der Waals surface area contributed by atoms with Crippen LogP contribution in [0, 0.1) is 12.3 Å². The molecule has 28 heavy (non-hydrogen) atoms. The van der Waals surface area contributed by atoms with Gasteiger partial charge < -0.3 is 9.15 Å². The monoisotopic (exact) mass is 387 g/mol. The van der Waals surface area contributed by atoms with Gasteiger partial charge >= 0.3 is 12.0 Å². The van der Waals surface area contributed by atoms with Crippen LogP contribution in [0.4, 0.5) is 10.5 Å². The third kappa shape index (κ3) is 4.10. The maximum Gasteiger partial charge on any atom is 0.414 e. The van der Waals surface area contributed by atoms with Crippen LogP contribution < -0.4 is 4.90 Å². The Morgan fingerprint density at radius 2 is 2.07 bits per heavy atom. The summed E-state index contributed by atoms with van der Waals surface area (Å²) >= 11 is 0. The topological polar surface area (TPSA) is 85.1 Å². The van der Waals surface area contributed by atoms with E-state index < -0.39 is 12.0 Å². The van der Waals surface area contributed by atoms with E-state index in [4.69, 9.17) is 20.4 Å². The Bertz CT molecular complexity index is 899. The van der Waals surface area contributed by atoms with Crippen molar-refractivity contribution in [3.63, 3.8) is 0 Å². The highest BCUT2D eigenvalue weighted by Gasteiger charge is 2.34. The van der Waals surface area contributed by atoms with Gasteiger partial charge in [0.15, 0.2) is 5.58 Å². The molecule has 0 aliphatic heterocycles. The molecule has 0 saturated carbocycles. The molecule has 0 aliphatic rings. The fourth-order valence-corrected chi connectivity index (χ4v) is 2.87. The molecule has 0 N–H and O–H groups in total. The molecule has 8 nitrogen and oxygen atoms in total. The highest BCUT2D eigenvalue weighted by molar-refractivity contribution is 6.09. The van der Waals surface area contributed by atoms with Gasteiger partial charge in [0.05, 0.1) is 13.7 Å². The largest absolute Gasteiger partial charge is 0.449 e. The van der Waals surface area contributed by atoms with E-state index in [1.54, 1.807) is 19.1 Å². The first-order valence-corrected chi connectivity index (χ1v) is 9.07. The molecule has 1 unspecified atom stereocenters. The van der Waals surface area contributed by atoms with Crippen LogP contribution in [0.25, 0.3) is 11.1 Å². The number of aromatic nitrogens is 1. The number of hydroxylamine groups is 2. The van der Waals surface area contributed by atoms with Gasteiger partial charge in [-0.05, 0) is 32.4 Å². The van der Waals surface area contributed by atoms with Crippen molar-refractivity contribution in [1.82, 2.24) is 10.0 Å². The fourth-order valence-electron chi connectivity index (χ4n) is 2.87. The zero-order chi connectivity index (χ0) is 20.8. The van der Waals surface area contributed by atoms with E-state index in [9.17, 15) is 9.59 Å². The van der Waals surface area contributed by atoms with Crippen molar-refractivity contribution in [2.24, 2.45) is 0 Å². The molecular formula is C20H25N3O5. The normalized spacial score (nSPS) is 11.7. The third-order valence-corrected chi connectivity index (χ3v) is 4.26. The van der Waals surface area contributed by atoms with Crippen LogP contribution in [0.2, 0.25) is 0 Å². The third-order valence-electron chi connectivity index (χ3n) is 4.26. The number of pyridine rings is 1. The molecule has 0 radical (unpaired) electrons. The van der Waals surface area contributed by atoms with Crippen molar-refractivity contribution in [2.45, 2.75) is 39.7 Å². The van der Waals surface area contributed by atoms with Crippen molar-refractivity contribution in [3.05, 3.63) is 23.6 Å². The number of hydrogen-bond acceptors (Lipinski definition) is 6. The quantitative estimate of drug-likeness (QED) is 0.533. The molecule has 0 spiro atoms. The lowest BCUT2D eigenvalue weighted by Crippen LogP contribution is -2.40. The van der Waals surface area contributed by atoms with E-state index in [2.05, 4.69) is 10.9 Å². The summed E-state index contributed by atoms with van der Waals surface area (Å²) in [6, 6.07) is 2.97. The van der Waals surface area contributed by atoms with Gasteiger partial charge in [-0.1, -0.05) is 19.3 Å². The van der Waals surface area contributed by atoms with Crippen molar-refractivity contribution in [3.8, 4) is 12.3 Å². The second-order valence-corrected chi connectivity index (χ2v) is 6.16. The van der Waals surface area contributed by atoms with Crippen LogP contribution in [0.5, 0.6) is 0 Å². The fraction of sp³-hybridized carbons (Fsp3) is 0.450. The molecule has 8 heteroatoms. The average Bonchev–Trinajstić information content (AvgIpc) is 3.05. The van der Waals surface area contributed by atoms with E-state index >= 15 is 0 Å². The maximum atomic E-state index is 12.8. The summed E-state index contributed by atoms with van der Waals surface area (Å²) in [5.41, 5.74) is 1.24. The number of terminal acetylenes is 1. The van der Waals surface area contributed by atoms with Gasteiger partial charge in [-0.25, -0.2) is 14.8 Å². The summed E-state index contributed by atoms with van der Waals surface area (Å²) < 4.78 is 11.0. The van der Waals surface area contributed by atoms with Crippen LogP contribution in [0.15, 0.2) is 16.5 Å². The summed E-state index contributed by atoms with van der Waals surface area (Å²) in [5.74, 6) is 1.83. The number of ether oxygens (including phenoxy) is 1. The number of carbonyl (C=O) groups is 2. The van der Waals surface area contributed by atoms with Crippen LogP contribution >= 0.6 is 0 Å². The first kappa shape index (κ1) is 21.3. The van der Waals surface area contributed by atoms with Crippen LogP contribution in [-0.4, -0.2) is 48.9 Å². The molecule has 0 bridgehead atoms. The number of carbonyl (C=O) groups excluding carboxylic acids is 2. The van der Waals surface area contributed by atoms with Crippen molar-refractivity contribution < 1.29 is 23.6 Å². The van der Waals surface area contributed by atoms with Crippen LogP contribution in [0.1, 0.15) is 49.9 Å². The molecule has 2 rings (SSSR count). The first-order valence-electron chi connectivity index (χ1n) is 9.07. The molecule has 0 aromatic carbocycles. The lowest BCUT2D eigenvalue weighted by molar-refractivity contribution is -0.0771. The molecule has 2 amide bonds. The van der Waals surface area contributed by atoms with Gasteiger partial charge in [-0.15, -0.1) is 6.42 Å². The second kappa shape index (κ2) is 9.24. The smallest absolute Gasteiger partial charge is 0.414 e. The Labute approximate surface area is 164 Å². The number of rotatable bonds is 7. The molecule has 0 aliphatic carbocycles. The number of furan rings is 1. The van der Waals surface area contributed by atoms with Gasteiger partial charge in [0, 0.05) is 13.1 Å². The highest BCUT2D eigenvalue weighted by Crippen LogP contribution is 2.36. The zero-order valence-corrected chi connectivity index (χ0v) is 16.8. The predicted octanol–water partition coefficient (Wildman–Crippen LogP) is 3.59. The van der Waals surface area contributed by atoms with E-state index in [-0.39, 0.29) is 24.1 Å². The summed E-state index contributed by atoms with van der Waals surface area (Å²) in [5, 5.41) is 1.01. The summed E-state index contributed by atoms with van der Waals surface area (Å²) in [4.78, 5) is 36.5. The van der Waals surface area contributed by atoms with E-state index in [1.165, 1.54) is 19.1 Å². The van der Waals surface area contributed by atoms with Gasteiger partial charge in [0.2, 0.25) is 5.76 Å². The van der Waals surface area contributed by atoms with Gasteiger partial charge in [0.1, 0.15) is 16.9 Å². The SMILES string of the molecule is C#Cc1ccc2oc(C(=O)N(C)OC)c(N(C(=O)OCC)C(C)CCC)c2n1. The molecule has 150 valence electrons. The standard InChI is InChI=1S/C20H25N3O5/c1-7-10-13(4)23(20(25)27-9-3)17-16-15(12-11-14(8-2)21-16)28-18(17)19(24)22(5)26-6/h2,11-13H,7,9-10H2,1,3-6H3. The van der Waals surface area contributed by atoms with Crippen LogP contribution in [-0.2, 0) is 9.57 Å². The number of amides is 2. The molecule has 2 aromatic rings. The Morgan fingerprint density at radius 1 is 1.36 bits per heavy atom. The number of fused-ring (bicyclic) bond motifs is 1. The minimum absolute atomic E-state index is 0.0722. The second-order valence-electron chi connectivity index (χ2n) is 6.16. The van der Waals surface area contributed by atoms with Crippen molar-refractivity contribution in [1.29, 1.82) is 0 Å². The zero-order valence-electron chi connectivity index (χ0n) is 16.8. The van der Waals surface area contributed by atoms with Gasteiger partial charge in [-0.3, -0.25) is 14.5 Å². The van der Waals surface area contributed by atoms with E-state index in [0.29, 0.717) is 23.2 Å². The van der Waals surface area contributed by atoms with Gasteiger partial charge in [-0.2, -0.15) is 0 Å². The minimum Gasteiger partial charge on any atom is -0.449 e. The summed E-state index contributed by atoms with van der Waals surface area (Å²) in [6.45, 7) is 5.78. The van der Waals surface area contributed by atoms with Crippen LogP contribution in [0.3, 0.4) is 0 Å². The molecule has 0 saturated heterocycles. The lowest BCUT2D eigenvalue weighted by Gasteiger charge is -2.28. The lowest BCUT2D eigenvalue weighted by atomic mass is 10.1. The molecule has 2 heterocycles. The average molecular weight is 387 g/mol.